The summed E-state index contributed by atoms with van der Waals surface area (Å²) in [7, 11) is -4.14. The molecular weight excluding hydrogens is 281 g/mol. The van der Waals surface area contributed by atoms with E-state index in [1.54, 1.807) is 6.92 Å². The van der Waals surface area contributed by atoms with E-state index in [9.17, 15) is 9.59 Å². The van der Waals surface area contributed by atoms with Crippen LogP contribution in [0.2, 0.25) is 0 Å². The van der Waals surface area contributed by atoms with Gasteiger partial charge in [0.05, 0.1) is 13.2 Å². The van der Waals surface area contributed by atoms with Crippen LogP contribution in [-0.4, -0.2) is 39.8 Å². The molecule has 1 saturated heterocycles. The third kappa shape index (κ3) is 12.9. The van der Waals surface area contributed by atoms with Crippen molar-refractivity contribution < 1.29 is 23.8 Å². The molecule has 2 rings (SSSR count). The lowest BCUT2D eigenvalue weighted by atomic mass is 10.4. The molecule has 19 heavy (non-hydrogen) atoms. The molecule has 11 heteroatoms. The zero-order chi connectivity index (χ0) is 14.9. The summed E-state index contributed by atoms with van der Waals surface area (Å²) in [4.78, 5) is 40.1. The van der Waals surface area contributed by atoms with E-state index in [2.05, 4.69) is 15.5 Å². The van der Waals surface area contributed by atoms with Crippen LogP contribution >= 0.6 is 7.75 Å². The number of aryl methyl sites for hydroxylation is 1. The Morgan fingerprint density at radius 1 is 1.32 bits per heavy atom. The number of H-pyrrole nitrogens is 2. The summed E-state index contributed by atoms with van der Waals surface area (Å²) in [5.74, 6) is 0. The third-order valence-corrected chi connectivity index (χ3v) is 1.54. The summed E-state index contributed by atoms with van der Waals surface area (Å²) in [5, 5.41) is 0. The number of nitrogens with one attached hydrogen (secondary N) is 2. The first-order valence-corrected chi connectivity index (χ1v) is 6.66. The predicted octanol–water partition coefficient (Wildman–Crippen LogP) is -1.60. The van der Waals surface area contributed by atoms with E-state index in [4.69, 9.17) is 23.8 Å². The second-order valence-electron chi connectivity index (χ2n) is 3.28. The van der Waals surface area contributed by atoms with E-state index >= 15 is 0 Å². The SMILES string of the molecule is C1COCO1.Cc1c[nH]c(=O)[nH]c1=O.NP(=O)(O)O. The number of rotatable bonds is 0. The molecule has 6 N–H and O–H groups in total. The van der Waals surface area contributed by atoms with Crippen molar-refractivity contribution in [3.05, 3.63) is 32.6 Å². The van der Waals surface area contributed by atoms with Crippen molar-refractivity contribution in [3.8, 4) is 0 Å². The summed E-state index contributed by atoms with van der Waals surface area (Å²) >= 11 is 0. The number of ether oxygens (including phenoxy) is 2. The van der Waals surface area contributed by atoms with Gasteiger partial charge >= 0.3 is 13.4 Å². The van der Waals surface area contributed by atoms with Gasteiger partial charge in [-0.15, -0.1) is 0 Å². The molecule has 0 amide bonds. The van der Waals surface area contributed by atoms with Gasteiger partial charge in [0.1, 0.15) is 6.79 Å². The van der Waals surface area contributed by atoms with E-state index in [1.807, 2.05) is 0 Å². The van der Waals surface area contributed by atoms with Gasteiger partial charge in [0.25, 0.3) is 5.56 Å². The zero-order valence-electron chi connectivity index (χ0n) is 10.2. The van der Waals surface area contributed by atoms with Gasteiger partial charge in [-0.25, -0.2) is 14.9 Å². The van der Waals surface area contributed by atoms with Crippen LogP contribution in [0.4, 0.5) is 0 Å². The molecule has 0 atom stereocenters. The molecule has 0 bridgehead atoms. The largest absolute Gasteiger partial charge is 0.397 e. The zero-order valence-corrected chi connectivity index (χ0v) is 11.1. The van der Waals surface area contributed by atoms with Crippen LogP contribution in [0.15, 0.2) is 15.8 Å². The number of aromatic amines is 2. The van der Waals surface area contributed by atoms with Gasteiger partial charge in [0.2, 0.25) is 0 Å². The molecule has 1 aliphatic rings. The maximum Gasteiger partial charge on any atom is 0.397 e. The van der Waals surface area contributed by atoms with Crippen molar-refractivity contribution in [1.82, 2.24) is 9.97 Å². The Kier molecular flexibility index (Phi) is 8.16. The first-order valence-electron chi connectivity index (χ1n) is 4.98. The number of hydrogen-bond acceptors (Lipinski definition) is 5. The fraction of sp³-hybridized carbons (Fsp3) is 0.500. The average Bonchev–Trinajstić information content (AvgIpc) is 2.80. The molecule has 0 aliphatic carbocycles. The molecule has 0 saturated carbocycles. The Morgan fingerprint density at radius 3 is 2.05 bits per heavy atom. The van der Waals surface area contributed by atoms with Gasteiger partial charge in [0.15, 0.2) is 0 Å². The van der Waals surface area contributed by atoms with Crippen molar-refractivity contribution in [2.75, 3.05) is 20.0 Å². The number of nitrogens with two attached hydrogens (primary N) is 1. The van der Waals surface area contributed by atoms with Gasteiger partial charge < -0.3 is 24.2 Å². The molecule has 1 aromatic rings. The average molecular weight is 297 g/mol. The van der Waals surface area contributed by atoms with Crippen molar-refractivity contribution >= 4 is 7.75 Å². The second-order valence-corrected chi connectivity index (χ2v) is 4.46. The van der Waals surface area contributed by atoms with E-state index in [0.717, 1.165) is 13.2 Å². The van der Waals surface area contributed by atoms with Crippen LogP contribution in [0.3, 0.4) is 0 Å². The van der Waals surface area contributed by atoms with Crippen molar-refractivity contribution in [3.63, 3.8) is 0 Å². The van der Waals surface area contributed by atoms with Crippen LogP contribution in [0, 0.1) is 6.92 Å². The van der Waals surface area contributed by atoms with E-state index in [-0.39, 0.29) is 5.56 Å². The minimum absolute atomic E-state index is 0.334. The second kappa shape index (κ2) is 8.75. The molecule has 1 fully saturated rings. The Morgan fingerprint density at radius 2 is 1.79 bits per heavy atom. The lowest BCUT2D eigenvalue weighted by Crippen LogP contribution is -2.22. The van der Waals surface area contributed by atoms with Crippen LogP contribution in [0.1, 0.15) is 5.56 Å². The maximum absolute atomic E-state index is 10.6. The minimum Gasteiger partial charge on any atom is -0.353 e. The lowest BCUT2D eigenvalue weighted by molar-refractivity contribution is 0.0692. The maximum atomic E-state index is 10.6. The van der Waals surface area contributed by atoms with Crippen molar-refractivity contribution in [2.45, 2.75) is 6.92 Å². The third-order valence-electron chi connectivity index (χ3n) is 1.54. The Labute approximate surface area is 107 Å². The lowest BCUT2D eigenvalue weighted by Gasteiger charge is -1.84. The molecule has 0 spiro atoms. The van der Waals surface area contributed by atoms with Gasteiger partial charge in [-0.3, -0.25) is 9.78 Å². The van der Waals surface area contributed by atoms with Gasteiger partial charge in [-0.2, -0.15) is 0 Å². The molecule has 10 nitrogen and oxygen atoms in total. The molecule has 1 aromatic heterocycles. The first kappa shape index (κ1) is 17.7. The molecule has 110 valence electrons. The monoisotopic (exact) mass is 297 g/mol. The standard InChI is InChI=1S/C5H6N2O2.C3H6O2.H4NO3P/c1-3-2-6-5(9)7-4(3)8;1-2-5-3-4-1;1-5(2,3)4/h2H,1H3,(H2,6,7,8,9);1-3H2;(H4,1,2,3,4). The Hall–Kier alpha value is -1.29. The van der Waals surface area contributed by atoms with Crippen LogP contribution in [0.25, 0.3) is 0 Å². The molecular formula is C8H16N3O7P. The highest BCUT2D eigenvalue weighted by atomic mass is 31.2. The molecule has 0 unspecified atom stereocenters. The molecule has 0 aromatic carbocycles. The normalized spacial score (nSPS) is 13.9. The highest BCUT2D eigenvalue weighted by molar-refractivity contribution is 7.49. The molecule has 2 heterocycles. The Bertz CT molecular complexity index is 500. The predicted molar refractivity (Wildman–Crippen MR) is 65.4 cm³/mol. The van der Waals surface area contributed by atoms with Gasteiger partial charge in [0, 0.05) is 11.8 Å². The fourth-order valence-electron chi connectivity index (χ4n) is 0.772. The van der Waals surface area contributed by atoms with Gasteiger partial charge in [-0.05, 0) is 6.92 Å². The summed E-state index contributed by atoms with van der Waals surface area (Å²) < 4.78 is 18.5. The smallest absolute Gasteiger partial charge is 0.353 e. The van der Waals surface area contributed by atoms with Crippen molar-refractivity contribution in [1.29, 1.82) is 0 Å². The quantitative estimate of drug-likeness (QED) is 0.357. The van der Waals surface area contributed by atoms with Gasteiger partial charge in [-0.1, -0.05) is 0 Å². The summed E-state index contributed by atoms with van der Waals surface area (Å²) in [6.07, 6.45) is 1.38. The summed E-state index contributed by atoms with van der Waals surface area (Å²) in [5.41, 5.74) is 3.73. The van der Waals surface area contributed by atoms with Crippen LogP contribution < -0.4 is 16.8 Å². The fourth-order valence-corrected chi connectivity index (χ4v) is 0.772. The Balaban J connectivity index is 0.000000278. The van der Waals surface area contributed by atoms with E-state index in [1.165, 1.54) is 6.20 Å². The van der Waals surface area contributed by atoms with Crippen LogP contribution in [0.5, 0.6) is 0 Å². The molecule has 1 aliphatic heterocycles. The van der Waals surface area contributed by atoms with E-state index < -0.39 is 13.4 Å². The highest BCUT2D eigenvalue weighted by Gasteiger charge is 1.96. The summed E-state index contributed by atoms with van der Waals surface area (Å²) in [6.45, 7) is 3.68. The van der Waals surface area contributed by atoms with Crippen LogP contribution in [-0.2, 0) is 14.0 Å². The highest BCUT2D eigenvalue weighted by Crippen LogP contribution is 2.20. The number of aromatic nitrogens is 2. The first-order chi connectivity index (χ1) is 8.70. The topological polar surface area (TPSA) is 168 Å². The van der Waals surface area contributed by atoms with Crippen molar-refractivity contribution in [2.24, 2.45) is 5.50 Å². The molecule has 0 radical (unpaired) electrons. The minimum atomic E-state index is -4.14. The number of hydrogen-bond donors (Lipinski definition) is 5. The van der Waals surface area contributed by atoms with E-state index in [0.29, 0.717) is 12.4 Å². The summed E-state index contributed by atoms with van der Waals surface area (Å²) in [6, 6.07) is 0.